The van der Waals surface area contributed by atoms with Crippen molar-refractivity contribution in [3.8, 4) is 0 Å². The van der Waals surface area contributed by atoms with Crippen LogP contribution in [0.4, 0.5) is 30.4 Å². The molecule has 0 radical (unpaired) electrons. The number of aryl methyl sites for hydroxylation is 1. The van der Waals surface area contributed by atoms with Crippen LogP contribution in [0, 0.1) is 12.7 Å². The molecule has 1 aromatic heterocycles. The van der Waals surface area contributed by atoms with Gasteiger partial charge >= 0.3 is 5.92 Å². The minimum atomic E-state index is -3.73. The number of benzene rings is 2. The maximum absolute atomic E-state index is 14.8. The van der Waals surface area contributed by atoms with Gasteiger partial charge in [0.2, 0.25) is 0 Å². The molecule has 0 saturated carbocycles. The first-order chi connectivity index (χ1) is 14.5. The summed E-state index contributed by atoms with van der Waals surface area (Å²) < 4.78 is 43.7. The van der Waals surface area contributed by atoms with Crippen molar-refractivity contribution in [1.82, 2.24) is 9.97 Å². The fourth-order valence-electron chi connectivity index (χ4n) is 3.32. The molecule has 1 heterocycles. The largest absolute Gasteiger partial charge is 0.397 e. The summed E-state index contributed by atoms with van der Waals surface area (Å²) in [5.41, 5.74) is 4.89. The second kappa shape index (κ2) is 8.22. The topological polar surface area (TPSA) is 96.1 Å². The number of nitrogens with zero attached hydrogens (tertiary/aromatic N) is 2. The van der Waals surface area contributed by atoms with Crippen molar-refractivity contribution < 1.29 is 18.3 Å². The van der Waals surface area contributed by atoms with E-state index in [1.165, 1.54) is 12.1 Å². The van der Waals surface area contributed by atoms with Gasteiger partial charge in [0.1, 0.15) is 23.1 Å². The number of nitrogen functional groups attached to an aromatic ring is 1. The van der Waals surface area contributed by atoms with E-state index in [2.05, 4.69) is 20.6 Å². The quantitative estimate of drug-likeness (QED) is 0.417. The van der Waals surface area contributed by atoms with Crippen LogP contribution in [0.25, 0.3) is 10.9 Å². The minimum absolute atomic E-state index is 0.112. The Balaban J connectivity index is 1.85. The maximum Gasteiger partial charge on any atom is 0.303 e. The van der Waals surface area contributed by atoms with E-state index < -0.39 is 22.9 Å². The van der Waals surface area contributed by atoms with Crippen molar-refractivity contribution in [3.63, 3.8) is 0 Å². The predicted octanol–water partition coefficient (Wildman–Crippen LogP) is 4.22. The first-order valence-electron chi connectivity index (χ1n) is 9.83. The zero-order valence-electron chi connectivity index (χ0n) is 17.9. The van der Waals surface area contributed by atoms with Crippen LogP contribution in [-0.4, -0.2) is 34.3 Å². The van der Waals surface area contributed by atoms with E-state index in [4.69, 9.17) is 5.73 Å². The number of aliphatic hydroxyl groups is 1. The number of hydrogen-bond acceptors (Lipinski definition) is 6. The van der Waals surface area contributed by atoms with Gasteiger partial charge in [-0.05, 0) is 51.0 Å². The molecule has 3 rings (SSSR count). The van der Waals surface area contributed by atoms with Gasteiger partial charge < -0.3 is 21.5 Å². The number of alkyl halides is 2. The van der Waals surface area contributed by atoms with Crippen molar-refractivity contribution in [1.29, 1.82) is 0 Å². The minimum Gasteiger partial charge on any atom is -0.397 e. The molecule has 0 bridgehead atoms. The Morgan fingerprint density at radius 3 is 2.52 bits per heavy atom. The molecule has 0 unspecified atom stereocenters. The Bertz CT molecular complexity index is 1110. The Morgan fingerprint density at radius 2 is 1.87 bits per heavy atom. The summed E-state index contributed by atoms with van der Waals surface area (Å²) in [5.74, 6) is -3.69. The van der Waals surface area contributed by atoms with Gasteiger partial charge in [0.25, 0.3) is 0 Å². The molecule has 3 aromatic rings. The summed E-state index contributed by atoms with van der Waals surface area (Å²) in [5, 5.41) is 16.6. The summed E-state index contributed by atoms with van der Waals surface area (Å²) in [4.78, 5) is 8.81. The fraction of sp³-hybridized carbons (Fsp3) is 0.364. The molecule has 0 aliphatic heterocycles. The molecular formula is C22H26F3N5O. The molecule has 2 aromatic carbocycles. The van der Waals surface area contributed by atoms with Gasteiger partial charge in [0.15, 0.2) is 0 Å². The molecule has 0 aliphatic rings. The summed E-state index contributed by atoms with van der Waals surface area (Å²) in [6.45, 7) is 3.90. The second-order valence-corrected chi connectivity index (χ2v) is 7.91. The highest BCUT2D eigenvalue weighted by atomic mass is 19.3. The van der Waals surface area contributed by atoms with Gasteiger partial charge in [-0.2, -0.15) is 8.78 Å². The molecular weight excluding hydrogens is 407 g/mol. The third-order valence-corrected chi connectivity index (χ3v) is 5.12. The van der Waals surface area contributed by atoms with Gasteiger partial charge in [-0.25, -0.2) is 14.4 Å². The van der Waals surface area contributed by atoms with E-state index in [0.717, 1.165) is 25.6 Å². The normalized spacial score (nSPS) is 12.3. The molecule has 166 valence electrons. The van der Waals surface area contributed by atoms with Crippen molar-refractivity contribution in [2.45, 2.75) is 38.7 Å². The molecule has 0 amide bonds. The fourth-order valence-corrected chi connectivity index (χ4v) is 3.32. The van der Waals surface area contributed by atoms with Gasteiger partial charge in [0.05, 0.1) is 22.5 Å². The highest BCUT2D eigenvalue weighted by Gasteiger charge is 2.48. The second-order valence-electron chi connectivity index (χ2n) is 7.91. The van der Waals surface area contributed by atoms with Gasteiger partial charge in [0, 0.05) is 19.0 Å². The van der Waals surface area contributed by atoms with Crippen LogP contribution in [0.1, 0.15) is 30.8 Å². The van der Waals surface area contributed by atoms with Crippen molar-refractivity contribution in [2.75, 3.05) is 30.0 Å². The molecule has 0 fully saturated rings. The summed E-state index contributed by atoms with van der Waals surface area (Å²) in [6.07, 6.45) is 0.135. The number of fused-ring (bicyclic) bond motifs is 1. The summed E-state index contributed by atoms with van der Waals surface area (Å²) in [6, 6.07) is 7.35. The summed E-state index contributed by atoms with van der Waals surface area (Å²) in [7, 11) is 1.76. The number of nitrogens with one attached hydrogen (secondary N) is 2. The molecule has 9 heteroatoms. The number of halogens is 3. The lowest BCUT2D eigenvalue weighted by molar-refractivity contribution is -0.170. The first-order valence-corrected chi connectivity index (χ1v) is 9.83. The Kier molecular flexibility index (Phi) is 6.00. The Hall–Kier alpha value is -3.07. The van der Waals surface area contributed by atoms with Crippen molar-refractivity contribution >= 4 is 28.1 Å². The molecule has 0 spiro atoms. The Labute approximate surface area is 178 Å². The van der Waals surface area contributed by atoms with Crippen LogP contribution in [0.2, 0.25) is 0 Å². The van der Waals surface area contributed by atoms with Gasteiger partial charge in [-0.15, -0.1) is 0 Å². The smallest absolute Gasteiger partial charge is 0.303 e. The number of anilines is 3. The Morgan fingerprint density at radius 1 is 1.16 bits per heavy atom. The lowest BCUT2D eigenvalue weighted by Gasteiger charge is -2.29. The number of hydrogen-bond donors (Lipinski definition) is 4. The van der Waals surface area contributed by atoms with E-state index in [0.29, 0.717) is 28.2 Å². The zero-order valence-corrected chi connectivity index (χ0v) is 17.9. The number of aromatic nitrogens is 2. The van der Waals surface area contributed by atoms with E-state index in [1.807, 2.05) is 6.07 Å². The predicted molar refractivity (Wildman–Crippen MR) is 117 cm³/mol. The van der Waals surface area contributed by atoms with E-state index >= 15 is 0 Å². The first kappa shape index (κ1) is 22.6. The van der Waals surface area contributed by atoms with Crippen molar-refractivity contribution in [2.24, 2.45) is 0 Å². The van der Waals surface area contributed by atoms with E-state index in [9.17, 15) is 18.3 Å². The van der Waals surface area contributed by atoms with Crippen LogP contribution in [0.3, 0.4) is 0 Å². The molecule has 0 aliphatic carbocycles. The van der Waals surface area contributed by atoms with Crippen LogP contribution in [-0.2, 0) is 12.3 Å². The van der Waals surface area contributed by atoms with E-state index in [1.54, 1.807) is 20.0 Å². The third-order valence-electron chi connectivity index (χ3n) is 5.12. The third kappa shape index (κ3) is 4.36. The highest BCUT2D eigenvalue weighted by Crippen LogP contribution is 2.40. The standard InChI is InChI=1S/C22H26F3N5O/c1-12-29-17-11-18(27-4)16(26)10-14(17)20(30-12)28-9-8-13-6-5-7-15(19(13)23)22(24,25)21(2,3)31/h5-7,10-11,27,31H,8-9,26H2,1-4H3,(H,28,29,30). The SMILES string of the molecule is CNc1cc2nc(C)nc(NCCc3cccc(C(F)(F)C(C)(C)O)c3F)c2cc1N. The lowest BCUT2D eigenvalue weighted by Crippen LogP contribution is -2.41. The monoisotopic (exact) mass is 433 g/mol. The molecule has 0 atom stereocenters. The number of nitrogens with two attached hydrogens (primary N) is 1. The summed E-state index contributed by atoms with van der Waals surface area (Å²) >= 11 is 0. The molecule has 0 saturated heterocycles. The molecule has 5 N–H and O–H groups in total. The van der Waals surface area contributed by atoms with Gasteiger partial charge in [-0.3, -0.25) is 0 Å². The van der Waals surface area contributed by atoms with Crippen LogP contribution in [0.5, 0.6) is 0 Å². The molecule has 6 nitrogen and oxygen atoms in total. The van der Waals surface area contributed by atoms with Crippen LogP contribution >= 0.6 is 0 Å². The highest BCUT2D eigenvalue weighted by molar-refractivity contribution is 5.95. The van der Waals surface area contributed by atoms with Crippen LogP contribution in [0.15, 0.2) is 30.3 Å². The number of rotatable bonds is 7. The van der Waals surface area contributed by atoms with Crippen LogP contribution < -0.4 is 16.4 Å². The van der Waals surface area contributed by atoms with Crippen molar-refractivity contribution in [3.05, 3.63) is 53.1 Å². The van der Waals surface area contributed by atoms with E-state index in [-0.39, 0.29) is 18.5 Å². The average Bonchev–Trinajstić information content (AvgIpc) is 2.68. The average molecular weight is 433 g/mol. The lowest BCUT2D eigenvalue weighted by atomic mass is 9.91. The molecule has 31 heavy (non-hydrogen) atoms. The van der Waals surface area contributed by atoms with Gasteiger partial charge in [-0.1, -0.05) is 12.1 Å². The zero-order chi connectivity index (χ0) is 23.0. The maximum atomic E-state index is 14.8.